The van der Waals surface area contributed by atoms with E-state index in [4.69, 9.17) is 9.47 Å². The van der Waals surface area contributed by atoms with E-state index in [9.17, 15) is 4.79 Å². The summed E-state index contributed by atoms with van der Waals surface area (Å²) in [5.74, 6) is 0.664. The summed E-state index contributed by atoms with van der Waals surface area (Å²) in [6, 6.07) is 0. The number of methoxy groups -OCH3 is 1. The first-order valence-electron chi connectivity index (χ1n) is 6.85. The molecule has 2 atom stereocenters. The molecule has 2 fully saturated rings. The standard InChI is InChI=1S/C14H24O3/c1-11(16-2)4-5-13(15)12-6-9-17-14(10-12)7-3-8-14/h11-12H,3-10H2,1-2H3. The molecule has 98 valence electrons. The second-order valence-corrected chi connectivity index (χ2v) is 5.63. The molecule has 1 saturated carbocycles. The molecule has 1 saturated heterocycles. The average molecular weight is 240 g/mol. The third-order valence-corrected chi connectivity index (χ3v) is 4.41. The molecule has 0 amide bonds. The van der Waals surface area contributed by atoms with Crippen molar-refractivity contribution in [3.8, 4) is 0 Å². The largest absolute Gasteiger partial charge is 0.382 e. The number of ketones is 1. The van der Waals surface area contributed by atoms with Gasteiger partial charge in [0.25, 0.3) is 0 Å². The number of carbonyl (C=O) groups is 1. The fourth-order valence-electron chi connectivity index (χ4n) is 2.89. The summed E-state index contributed by atoms with van der Waals surface area (Å²) < 4.78 is 11.0. The van der Waals surface area contributed by atoms with E-state index in [2.05, 4.69) is 0 Å². The van der Waals surface area contributed by atoms with Crippen LogP contribution in [0.15, 0.2) is 0 Å². The van der Waals surface area contributed by atoms with Crippen LogP contribution in [0.25, 0.3) is 0 Å². The molecule has 2 rings (SSSR count). The van der Waals surface area contributed by atoms with Crippen LogP contribution in [-0.2, 0) is 14.3 Å². The SMILES string of the molecule is COC(C)CCC(=O)C1CCOC2(CCC2)C1. The van der Waals surface area contributed by atoms with Crippen LogP contribution >= 0.6 is 0 Å². The lowest BCUT2D eigenvalue weighted by molar-refractivity contribution is -0.155. The predicted molar refractivity (Wildman–Crippen MR) is 66.0 cm³/mol. The first-order chi connectivity index (χ1) is 8.15. The van der Waals surface area contributed by atoms with E-state index in [1.807, 2.05) is 6.92 Å². The van der Waals surface area contributed by atoms with Crippen molar-refractivity contribution in [3.05, 3.63) is 0 Å². The highest BCUT2D eigenvalue weighted by Crippen LogP contribution is 2.44. The first-order valence-corrected chi connectivity index (χ1v) is 6.85. The van der Waals surface area contributed by atoms with Crippen molar-refractivity contribution in [3.63, 3.8) is 0 Å². The van der Waals surface area contributed by atoms with Crippen molar-refractivity contribution in [2.45, 2.75) is 63.6 Å². The van der Waals surface area contributed by atoms with E-state index in [1.165, 1.54) is 6.42 Å². The molecule has 0 radical (unpaired) electrons. The van der Waals surface area contributed by atoms with Gasteiger partial charge in [0, 0.05) is 26.1 Å². The smallest absolute Gasteiger partial charge is 0.136 e. The Bertz CT molecular complexity index is 271. The highest BCUT2D eigenvalue weighted by molar-refractivity contribution is 5.81. The van der Waals surface area contributed by atoms with Crippen molar-refractivity contribution in [1.29, 1.82) is 0 Å². The molecule has 1 spiro atoms. The van der Waals surface area contributed by atoms with Crippen molar-refractivity contribution < 1.29 is 14.3 Å². The van der Waals surface area contributed by atoms with Gasteiger partial charge in [-0.3, -0.25) is 4.79 Å². The van der Waals surface area contributed by atoms with Crippen LogP contribution in [-0.4, -0.2) is 31.2 Å². The zero-order chi connectivity index (χ0) is 12.3. The molecule has 0 aromatic carbocycles. The van der Waals surface area contributed by atoms with Crippen LogP contribution < -0.4 is 0 Å². The summed E-state index contributed by atoms with van der Waals surface area (Å²) in [6.45, 7) is 2.79. The van der Waals surface area contributed by atoms with Gasteiger partial charge >= 0.3 is 0 Å². The normalized spacial score (nSPS) is 28.7. The molecule has 0 N–H and O–H groups in total. The number of ether oxygens (including phenoxy) is 2. The van der Waals surface area contributed by atoms with Crippen LogP contribution in [0.1, 0.15) is 51.9 Å². The Morgan fingerprint density at radius 3 is 2.88 bits per heavy atom. The highest BCUT2D eigenvalue weighted by Gasteiger charge is 2.43. The Hall–Kier alpha value is -0.410. The van der Waals surface area contributed by atoms with Crippen molar-refractivity contribution in [2.24, 2.45) is 5.92 Å². The average Bonchev–Trinajstić information content (AvgIpc) is 2.33. The van der Waals surface area contributed by atoms with Crippen LogP contribution in [0.2, 0.25) is 0 Å². The summed E-state index contributed by atoms with van der Waals surface area (Å²) in [4.78, 5) is 12.1. The van der Waals surface area contributed by atoms with Gasteiger partial charge in [-0.15, -0.1) is 0 Å². The second kappa shape index (κ2) is 5.49. The van der Waals surface area contributed by atoms with Crippen molar-refractivity contribution in [1.82, 2.24) is 0 Å². The van der Waals surface area contributed by atoms with E-state index in [1.54, 1.807) is 7.11 Å². The van der Waals surface area contributed by atoms with Gasteiger partial charge in [-0.05, 0) is 45.4 Å². The van der Waals surface area contributed by atoms with Gasteiger partial charge in [-0.1, -0.05) is 0 Å². The molecule has 1 aliphatic carbocycles. The summed E-state index contributed by atoms with van der Waals surface area (Å²) in [6.07, 6.45) is 7.17. The highest BCUT2D eigenvalue weighted by atomic mass is 16.5. The Labute approximate surface area is 104 Å². The fraction of sp³-hybridized carbons (Fsp3) is 0.929. The monoisotopic (exact) mass is 240 g/mol. The summed E-state index contributed by atoms with van der Waals surface area (Å²) >= 11 is 0. The second-order valence-electron chi connectivity index (χ2n) is 5.63. The van der Waals surface area contributed by atoms with Gasteiger partial charge in [0.2, 0.25) is 0 Å². The molecule has 17 heavy (non-hydrogen) atoms. The van der Waals surface area contributed by atoms with Crippen LogP contribution in [0, 0.1) is 5.92 Å². The number of hydrogen-bond acceptors (Lipinski definition) is 3. The molecule has 1 aliphatic heterocycles. The summed E-state index contributed by atoms with van der Waals surface area (Å²) in [5.41, 5.74) is 0.0887. The molecule has 0 aromatic heterocycles. The fourth-order valence-corrected chi connectivity index (χ4v) is 2.89. The third-order valence-electron chi connectivity index (χ3n) is 4.41. The Balaban J connectivity index is 1.78. The molecular weight excluding hydrogens is 216 g/mol. The van der Waals surface area contributed by atoms with Gasteiger partial charge in [0.15, 0.2) is 0 Å². The minimum atomic E-state index is 0.0887. The van der Waals surface area contributed by atoms with Gasteiger partial charge < -0.3 is 9.47 Å². The lowest BCUT2D eigenvalue weighted by Crippen LogP contribution is -2.47. The summed E-state index contributed by atoms with van der Waals surface area (Å²) in [7, 11) is 1.70. The number of carbonyl (C=O) groups excluding carboxylic acids is 1. The molecule has 1 heterocycles. The molecule has 2 unspecified atom stereocenters. The predicted octanol–water partition coefficient (Wildman–Crippen LogP) is 2.72. The first kappa shape index (κ1) is 13.0. The molecule has 3 heteroatoms. The van der Waals surface area contributed by atoms with Crippen LogP contribution in [0.5, 0.6) is 0 Å². The van der Waals surface area contributed by atoms with Crippen LogP contribution in [0.3, 0.4) is 0 Å². The van der Waals surface area contributed by atoms with Crippen molar-refractivity contribution in [2.75, 3.05) is 13.7 Å². The number of Topliss-reactive ketones (excluding diaryl/α,β-unsaturated/α-hetero) is 1. The van der Waals surface area contributed by atoms with Gasteiger partial charge in [-0.25, -0.2) is 0 Å². The maximum Gasteiger partial charge on any atom is 0.136 e. The lowest BCUT2D eigenvalue weighted by Gasteiger charge is -2.46. The molecule has 0 aromatic rings. The van der Waals surface area contributed by atoms with Gasteiger partial charge in [0.1, 0.15) is 5.78 Å². The number of hydrogen-bond donors (Lipinski definition) is 0. The van der Waals surface area contributed by atoms with Crippen LogP contribution in [0.4, 0.5) is 0 Å². The maximum absolute atomic E-state index is 12.1. The van der Waals surface area contributed by atoms with Gasteiger partial charge in [-0.2, -0.15) is 0 Å². The Morgan fingerprint density at radius 1 is 1.53 bits per heavy atom. The quantitative estimate of drug-likeness (QED) is 0.741. The van der Waals surface area contributed by atoms with E-state index in [-0.39, 0.29) is 17.6 Å². The lowest BCUT2D eigenvalue weighted by atomic mass is 9.71. The third kappa shape index (κ3) is 3.08. The Morgan fingerprint density at radius 2 is 2.29 bits per heavy atom. The van der Waals surface area contributed by atoms with E-state index >= 15 is 0 Å². The zero-order valence-corrected chi connectivity index (χ0v) is 11.0. The Kier molecular flexibility index (Phi) is 4.21. The molecular formula is C14H24O3. The van der Waals surface area contributed by atoms with Gasteiger partial charge in [0.05, 0.1) is 11.7 Å². The van der Waals surface area contributed by atoms with E-state index in [0.717, 1.165) is 38.7 Å². The number of rotatable bonds is 5. The maximum atomic E-state index is 12.1. The van der Waals surface area contributed by atoms with E-state index < -0.39 is 0 Å². The minimum absolute atomic E-state index is 0.0887. The van der Waals surface area contributed by atoms with E-state index in [0.29, 0.717) is 12.2 Å². The molecule has 0 bridgehead atoms. The molecule has 3 nitrogen and oxygen atoms in total. The summed E-state index contributed by atoms with van der Waals surface area (Å²) in [5, 5.41) is 0. The van der Waals surface area contributed by atoms with Crippen molar-refractivity contribution >= 4 is 5.78 Å². The molecule has 2 aliphatic rings. The topological polar surface area (TPSA) is 35.5 Å². The zero-order valence-electron chi connectivity index (χ0n) is 11.0. The minimum Gasteiger partial charge on any atom is -0.382 e.